The number of hydrogen-bond acceptors (Lipinski definition) is 5. The number of rotatable bonds is 3. The second-order valence-electron chi connectivity index (χ2n) is 6.25. The summed E-state index contributed by atoms with van der Waals surface area (Å²) in [4.78, 5) is 2.32. The van der Waals surface area contributed by atoms with E-state index in [1.54, 1.807) is 12.1 Å². The minimum Gasteiger partial charge on any atom is -0.365 e. The molecule has 0 fully saturated rings. The monoisotopic (exact) mass is 333 g/mol. The normalized spacial score (nSPS) is 17.2. The zero-order valence-corrected chi connectivity index (χ0v) is 13.6. The van der Waals surface area contributed by atoms with Crippen LogP contribution in [0.5, 0.6) is 0 Å². The Bertz CT molecular complexity index is 857. The molecule has 0 saturated heterocycles. The Labute approximate surface area is 135 Å². The van der Waals surface area contributed by atoms with Crippen LogP contribution in [0.15, 0.2) is 27.6 Å². The van der Waals surface area contributed by atoms with Gasteiger partial charge in [-0.3, -0.25) is 0 Å². The molecule has 2 N–H and O–H groups in total. The standard InChI is InChI=1S/C16H19N3O3S/c17-23(20,21)12-6-5-11-7-8-19(15(11)9-12)10-14-13-3-1-2-4-16(13)22-18-14/h5-6,9H,1-4,7-8,10H2,(H2,17,20,21). The summed E-state index contributed by atoms with van der Waals surface area (Å²) in [6, 6.07) is 5.10. The van der Waals surface area contributed by atoms with Gasteiger partial charge in [-0.05, 0) is 43.4 Å². The minimum absolute atomic E-state index is 0.158. The third-order valence-electron chi connectivity index (χ3n) is 4.75. The molecule has 0 atom stereocenters. The second kappa shape index (κ2) is 5.35. The number of benzene rings is 1. The molecule has 6 nitrogen and oxygen atoms in total. The van der Waals surface area contributed by atoms with Crippen LogP contribution in [0, 0.1) is 0 Å². The Kier molecular flexibility index (Phi) is 3.42. The van der Waals surface area contributed by atoms with Gasteiger partial charge in [-0.25, -0.2) is 13.6 Å². The maximum absolute atomic E-state index is 11.6. The van der Waals surface area contributed by atoms with Gasteiger partial charge in [0.2, 0.25) is 10.0 Å². The summed E-state index contributed by atoms with van der Waals surface area (Å²) in [5.74, 6) is 1.02. The highest BCUT2D eigenvalue weighted by atomic mass is 32.2. The van der Waals surface area contributed by atoms with Crippen molar-refractivity contribution >= 4 is 15.7 Å². The molecule has 1 aromatic heterocycles. The average molecular weight is 333 g/mol. The molecule has 1 aliphatic carbocycles. The molecular weight excluding hydrogens is 314 g/mol. The molecule has 2 aliphatic rings. The quantitative estimate of drug-likeness (QED) is 0.924. The lowest BCUT2D eigenvalue weighted by Gasteiger charge is -2.19. The number of anilines is 1. The summed E-state index contributed by atoms with van der Waals surface area (Å²) < 4.78 is 28.6. The van der Waals surface area contributed by atoms with Crippen LogP contribution in [0.3, 0.4) is 0 Å². The number of fused-ring (bicyclic) bond motifs is 2. The lowest BCUT2D eigenvalue weighted by atomic mass is 9.96. The molecule has 23 heavy (non-hydrogen) atoms. The predicted molar refractivity (Wildman–Crippen MR) is 85.7 cm³/mol. The molecule has 0 bridgehead atoms. The van der Waals surface area contributed by atoms with Crippen LogP contribution >= 0.6 is 0 Å². The molecule has 0 saturated carbocycles. The van der Waals surface area contributed by atoms with Gasteiger partial charge >= 0.3 is 0 Å². The Morgan fingerprint density at radius 3 is 2.87 bits per heavy atom. The van der Waals surface area contributed by atoms with Crippen molar-refractivity contribution < 1.29 is 12.9 Å². The van der Waals surface area contributed by atoms with E-state index < -0.39 is 10.0 Å². The van der Waals surface area contributed by atoms with E-state index in [4.69, 9.17) is 9.66 Å². The molecule has 122 valence electrons. The molecule has 2 heterocycles. The van der Waals surface area contributed by atoms with E-state index in [-0.39, 0.29) is 4.90 Å². The summed E-state index contributed by atoms with van der Waals surface area (Å²) in [5, 5.41) is 9.50. The van der Waals surface area contributed by atoms with Gasteiger partial charge in [0.15, 0.2) is 0 Å². The first-order chi connectivity index (χ1) is 11.0. The number of hydrogen-bond donors (Lipinski definition) is 1. The Morgan fingerprint density at radius 1 is 1.22 bits per heavy atom. The third-order valence-corrected chi connectivity index (χ3v) is 5.66. The maximum Gasteiger partial charge on any atom is 0.238 e. The highest BCUT2D eigenvalue weighted by Gasteiger charge is 2.25. The van der Waals surface area contributed by atoms with E-state index in [1.807, 2.05) is 6.07 Å². The van der Waals surface area contributed by atoms with E-state index in [1.165, 1.54) is 12.0 Å². The Morgan fingerprint density at radius 2 is 2.04 bits per heavy atom. The molecule has 0 spiro atoms. The fourth-order valence-corrected chi connectivity index (χ4v) is 4.05. The van der Waals surface area contributed by atoms with Crippen molar-refractivity contribution in [3.05, 3.63) is 40.8 Å². The van der Waals surface area contributed by atoms with Gasteiger partial charge in [0, 0.05) is 24.2 Å². The fraction of sp³-hybridized carbons (Fsp3) is 0.438. The first kappa shape index (κ1) is 14.7. The van der Waals surface area contributed by atoms with Gasteiger partial charge in [-0.2, -0.15) is 0 Å². The smallest absolute Gasteiger partial charge is 0.238 e. The summed E-state index contributed by atoms with van der Waals surface area (Å²) in [6.45, 7) is 1.50. The molecule has 1 aromatic carbocycles. The van der Waals surface area contributed by atoms with Crippen LogP contribution in [0.25, 0.3) is 0 Å². The molecule has 0 radical (unpaired) electrons. The first-order valence-electron chi connectivity index (χ1n) is 7.89. The highest BCUT2D eigenvalue weighted by Crippen LogP contribution is 2.33. The largest absolute Gasteiger partial charge is 0.365 e. The molecule has 4 rings (SSSR count). The molecule has 0 unspecified atom stereocenters. The lowest BCUT2D eigenvalue weighted by Crippen LogP contribution is -2.21. The zero-order valence-electron chi connectivity index (χ0n) is 12.8. The average Bonchev–Trinajstić information content (AvgIpc) is 3.11. The summed E-state index contributed by atoms with van der Waals surface area (Å²) in [6.07, 6.45) is 5.22. The van der Waals surface area contributed by atoms with Crippen molar-refractivity contribution in [3.63, 3.8) is 0 Å². The lowest BCUT2D eigenvalue weighted by molar-refractivity contribution is 0.368. The van der Waals surface area contributed by atoms with Crippen LogP contribution in [-0.2, 0) is 35.8 Å². The SMILES string of the molecule is NS(=O)(=O)c1ccc2c(c1)N(Cc1noc3c1CCCC3)CC2. The molecular formula is C16H19N3O3S. The summed E-state index contributed by atoms with van der Waals surface area (Å²) >= 11 is 0. The van der Waals surface area contributed by atoms with Gasteiger partial charge in [0.1, 0.15) is 11.5 Å². The minimum atomic E-state index is -3.69. The van der Waals surface area contributed by atoms with Crippen molar-refractivity contribution in [2.24, 2.45) is 5.14 Å². The topological polar surface area (TPSA) is 89.4 Å². The number of nitrogens with zero attached hydrogens (tertiary/aromatic N) is 2. The summed E-state index contributed by atoms with van der Waals surface area (Å²) in [5.41, 5.74) is 4.31. The highest BCUT2D eigenvalue weighted by molar-refractivity contribution is 7.89. The number of aryl methyl sites for hydroxylation is 1. The van der Waals surface area contributed by atoms with E-state index in [2.05, 4.69) is 10.1 Å². The maximum atomic E-state index is 11.6. The zero-order chi connectivity index (χ0) is 16.0. The van der Waals surface area contributed by atoms with Gasteiger partial charge in [-0.1, -0.05) is 11.2 Å². The van der Waals surface area contributed by atoms with E-state index >= 15 is 0 Å². The van der Waals surface area contributed by atoms with Crippen LogP contribution in [-0.4, -0.2) is 20.1 Å². The van der Waals surface area contributed by atoms with Gasteiger partial charge in [0.25, 0.3) is 0 Å². The van der Waals surface area contributed by atoms with Crippen LogP contribution in [0.4, 0.5) is 5.69 Å². The van der Waals surface area contributed by atoms with E-state index in [9.17, 15) is 8.42 Å². The van der Waals surface area contributed by atoms with Gasteiger partial charge in [0.05, 0.1) is 11.4 Å². The third kappa shape index (κ3) is 2.64. The van der Waals surface area contributed by atoms with Crippen molar-refractivity contribution in [3.8, 4) is 0 Å². The van der Waals surface area contributed by atoms with Crippen molar-refractivity contribution in [2.75, 3.05) is 11.4 Å². The van der Waals surface area contributed by atoms with E-state index in [0.717, 1.165) is 54.9 Å². The van der Waals surface area contributed by atoms with E-state index in [0.29, 0.717) is 6.54 Å². The molecule has 7 heteroatoms. The first-order valence-corrected chi connectivity index (χ1v) is 9.44. The van der Waals surface area contributed by atoms with Gasteiger partial charge in [-0.15, -0.1) is 0 Å². The van der Waals surface area contributed by atoms with Crippen LogP contribution < -0.4 is 10.0 Å². The number of nitrogens with two attached hydrogens (primary N) is 1. The second-order valence-corrected chi connectivity index (χ2v) is 7.81. The fourth-order valence-electron chi connectivity index (χ4n) is 3.52. The van der Waals surface area contributed by atoms with Crippen molar-refractivity contribution in [2.45, 2.75) is 43.5 Å². The van der Waals surface area contributed by atoms with Crippen molar-refractivity contribution in [1.29, 1.82) is 0 Å². The Hall–Kier alpha value is -1.86. The molecule has 1 aliphatic heterocycles. The Balaban J connectivity index is 1.65. The molecule has 2 aromatic rings. The van der Waals surface area contributed by atoms with Crippen molar-refractivity contribution in [1.82, 2.24) is 5.16 Å². The summed E-state index contributed by atoms with van der Waals surface area (Å²) in [7, 11) is -3.69. The predicted octanol–water partition coefficient (Wildman–Crippen LogP) is 1.76. The van der Waals surface area contributed by atoms with Crippen LogP contribution in [0.1, 0.15) is 35.4 Å². The number of sulfonamides is 1. The number of primary sulfonamides is 1. The molecule has 0 amide bonds. The van der Waals surface area contributed by atoms with Gasteiger partial charge < -0.3 is 9.42 Å². The van der Waals surface area contributed by atoms with Crippen LogP contribution in [0.2, 0.25) is 0 Å². The number of aromatic nitrogens is 1.